The third-order valence-corrected chi connectivity index (χ3v) is 3.11. The number of carbonyl (C=O) groups is 1. The lowest BCUT2D eigenvalue weighted by atomic mass is 10.2. The Labute approximate surface area is 112 Å². The van der Waals surface area contributed by atoms with Gasteiger partial charge in [-0.05, 0) is 6.42 Å². The number of methoxy groups -OCH3 is 1. The number of hydrogen-bond acceptors (Lipinski definition) is 4. The summed E-state index contributed by atoms with van der Waals surface area (Å²) < 4.78 is 6.58. The van der Waals surface area contributed by atoms with E-state index >= 15 is 0 Å². The lowest BCUT2D eigenvalue weighted by Crippen LogP contribution is -2.27. The number of rotatable bonds is 8. The number of aryl methyl sites for hydroxylation is 2. The van der Waals surface area contributed by atoms with E-state index in [1.54, 1.807) is 11.8 Å². The minimum Gasteiger partial charge on any atom is -0.383 e. The highest BCUT2D eigenvalue weighted by Gasteiger charge is 2.15. The molecule has 5 nitrogen and oxygen atoms in total. The average molecular weight is 274 g/mol. The van der Waals surface area contributed by atoms with Crippen molar-refractivity contribution in [1.82, 2.24) is 15.1 Å². The SMILES string of the molecule is CCc1nn(C)c(CC(=O)CNCCOC)c1Cl. The zero-order valence-electron chi connectivity index (χ0n) is 11.1. The van der Waals surface area contributed by atoms with Crippen LogP contribution in [0.4, 0.5) is 0 Å². The predicted octanol–water partition coefficient (Wildman–Crippen LogP) is 0.984. The molecule has 1 heterocycles. The van der Waals surface area contributed by atoms with Gasteiger partial charge in [0.05, 0.1) is 36.0 Å². The van der Waals surface area contributed by atoms with Crippen LogP contribution in [0.1, 0.15) is 18.3 Å². The summed E-state index contributed by atoms with van der Waals surface area (Å²) in [6.07, 6.45) is 1.08. The van der Waals surface area contributed by atoms with E-state index < -0.39 is 0 Å². The van der Waals surface area contributed by atoms with Crippen LogP contribution < -0.4 is 5.32 Å². The fourth-order valence-corrected chi connectivity index (χ4v) is 2.02. The predicted molar refractivity (Wildman–Crippen MR) is 71.1 cm³/mol. The Morgan fingerprint density at radius 2 is 2.28 bits per heavy atom. The molecule has 1 N–H and O–H groups in total. The molecule has 102 valence electrons. The van der Waals surface area contributed by atoms with Gasteiger partial charge in [0.2, 0.25) is 0 Å². The highest BCUT2D eigenvalue weighted by Crippen LogP contribution is 2.21. The minimum absolute atomic E-state index is 0.0960. The van der Waals surface area contributed by atoms with Crippen LogP contribution in [0.2, 0.25) is 5.02 Å². The van der Waals surface area contributed by atoms with Crippen LogP contribution in [-0.2, 0) is 29.4 Å². The van der Waals surface area contributed by atoms with Crippen LogP contribution in [0.15, 0.2) is 0 Å². The molecule has 0 saturated carbocycles. The van der Waals surface area contributed by atoms with Gasteiger partial charge in [0.25, 0.3) is 0 Å². The molecule has 0 spiro atoms. The van der Waals surface area contributed by atoms with Gasteiger partial charge in [0, 0.05) is 20.7 Å². The summed E-state index contributed by atoms with van der Waals surface area (Å²) in [5, 5.41) is 7.92. The van der Waals surface area contributed by atoms with Crippen LogP contribution in [0.25, 0.3) is 0 Å². The monoisotopic (exact) mass is 273 g/mol. The van der Waals surface area contributed by atoms with Gasteiger partial charge in [-0.1, -0.05) is 18.5 Å². The van der Waals surface area contributed by atoms with Gasteiger partial charge < -0.3 is 10.1 Å². The van der Waals surface area contributed by atoms with E-state index in [-0.39, 0.29) is 5.78 Å². The molecule has 1 aromatic heterocycles. The van der Waals surface area contributed by atoms with Crippen LogP contribution in [0.3, 0.4) is 0 Å². The molecular formula is C12H20ClN3O2. The second-order valence-corrected chi connectivity index (χ2v) is 4.45. The number of ether oxygens (including phenoxy) is 1. The molecule has 0 aliphatic carbocycles. The Hall–Kier alpha value is -0.910. The average Bonchev–Trinajstić information content (AvgIpc) is 2.62. The van der Waals surface area contributed by atoms with Crippen molar-refractivity contribution in [2.24, 2.45) is 7.05 Å². The molecule has 0 unspecified atom stereocenters. The number of carbonyl (C=O) groups excluding carboxylic acids is 1. The molecule has 1 aromatic rings. The maximum absolute atomic E-state index is 11.8. The summed E-state index contributed by atoms with van der Waals surface area (Å²) in [4.78, 5) is 11.8. The molecule has 0 fully saturated rings. The third kappa shape index (κ3) is 4.08. The normalized spacial score (nSPS) is 10.9. The fourth-order valence-electron chi connectivity index (χ4n) is 1.66. The molecule has 0 bridgehead atoms. The van der Waals surface area contributed by atoms with Crippen molar-refractivity contribution in [2.45, 2.75) is 19.8 Å². The van der Waals surface area contributed by atoms with E-state index in [1.165, 1.54) is 0 Å². The number of Topliss-reactive ketones (excluding diaryl/α,β-unsaturated/α-hetero) is 1. The Bertz CT molecular complexity index is 404. The molecule has 0 aliphatic heterocycles. The van der Waals surface area contributed by atoms with E-state index in [0.717, 1.165) is 17.8 Å². The molecular weight excluding hydrogens is 254 g/mol. The lowest BCUT2D eigenvalue weighted by Gasteiger charge is -2.04. The largest absolute Gasteiger partial charge is 0.383 e. The van der Waals surface area contributed by atoms with Crippen LogP contribution in [0, 0.1) is 0 Å². The number of aromatic nitrogens is 2. The third-order valence-electron chi connectivity index (χ3n) is 2.67. The van der Waals surface area contributed by atoms with Crippen LogP contribution in [-0.4, -0.2) is 42.4 Å². The zero-order chi connectivity index (χ0) is 13.5. The van der Waals surface area contributed by atoms with Crippen LogP contribution in [0.5, 0.6) is 0 Å². The number of nitrogens with one attached hydrogen (secondary N) is 1. The summed E-state index contributed by atoms with van der Waals surface area (Å²) >= 11 is 6.18. The van der Waals surface area contributed by atoms with Gasteiger partial charge in [0.1, 0.15) is 0 Å². The number of halogens is 1. The van der Waals surface area contributed by atoms with E-state index in [1.807, 2.05) is 14.0 Å². The number of hydrogen-bond donors (Lipinski definition) is 1. The topological polar surface area (TPSA) is 56.2 Å². The Balaban J connectivity index is 2.51. The summed E-state index contributed by atoms with van der Waals surface area (Å²) in [5.41, 5.74) is 1.63. The highest BCUT2D eigenvalue weighted by molar-refractivity contribution is 6.32. The smallest absolute Gasteiger partial charge is 0.152 e. The number of ketones is 1. The lowest BCUT2D eigenvalue weighted by molar-refractivity contribution is -0.117. The van der Waals surface area contributed by atoms with E-state index in [2.05, 4.69) is 10.4 Å². The van der Waals surface area contributed by atoms with Crippen molar-refractivity contribution in [3.8, 4) is 0 Å². The number of nitrogens with zero attached hydrogens (tertiary/aromatic N) is 2. The second-order valence-electron chi connectivity index (χ2n) is 4.07. The van der Waals surface area contributed by atoms with Gasteiger partial charge in [-0.3, -0.25) is 9.48 Å². The first kappa shape index (κ1) is 15.1. The highest BCUT2D eigenvalue weighted by atomic mass is 35.5. The first-order chi connectivity index (χ1) is 8.60. The van der Waals surface area contributed by atoms with E-state index in [4.69, 9.17) is 16.3 Å². The molecule has 0 radical (unpaired) electrons. The second kappa shape index (κ2) is 7.51. The van der Waals surface area contributed by atoms with Crippen LogP contribution >= 0.6 is 11.6 Å². The van der Waals surface area contributed by atoms with Crippen molar-refractivity contribution in [1.29, 1.82) is 0 Å². The molecule has 0 aliphatic rings. The van der Waals surface area contributed by atoms with Gasteiger partial charge in [-0.15, -0.1) is 0 Å². The van der Waals surface area contributed by atoms with Crippen molar-refractivity contribution in [3.05, 3.63) is 16.4 Å². The van der Waals surface area contributed by atoms with Crippen molar-refractivity contribution in [3.63, 3.8) is 0 Å². The molecule has 6 heteroatoms. The summed E-state index contributed by atoms with van der Waals surface area (Å²) in [7, 11) is 3.44. The molecule has 18 heavy (non-hydrogen) atoms. The van der Waals surface area contributed by atoms with Gasteiger partial charge in [-0.2, -0.15) is 5.10 Å². The van der Waals surface area contributed by atoms with Crippen molar-refractivity contribution >= 4 is 17.4 Å². The summed E-state index contributed by atoms with van der Waals surface area (Å²) in [6.45, 7) is 3.58. The van der Waals surface area contributed by atoms with Crippen molar-refractivity contribution < 1.29 is 9.53 Å². The minimum atomic E-state index is 0.0960. The maximum Gasteiger partial charge on any atom is 0.152 e. The molecule has 0 atom stereocenters. The van der Waals surface area contributed by atoms with Gasteiger partial charge >= 0.3 is 0 Å². The molecule has 0 saturated heterocycles. The first-order valence-electron chi connectivity index (χ1n) is 6.01. The molecule has 0 aromatic carbocycles. The molecule has 1 rings (SSSR count). The Morgan fingerprint density at radius 1 is 1.56 bits per heavy atom. The maximum atomic E-state index is 11.8. The standard InChI is InChI=1S/C12H20ClN3O2/c1-4-10-12(13)11(16(2)15-10)7-9(17)8-14-5-6-18-3/h14H,4-8H2,1-3H3. The Kier molecular flexibility index (Phi) is 6.32. The molecule has 0 amide bonds. The fraction of sp³-hybridized carbons (Fsp3) is 0.667. The van der Waals surface area contributed by atoms with Gasteiger partial charge in [0.15, 0.2) is 5.78 Å². The summed E-state index contributed by atoms with van der Waals surface area (Å²) in [5.74, 6) is 0.0960. The van der Waals surface area contributed by atoms with Crippen molar-refractivity contribution in [2.75, 3.05) is 26.8 Å². The van der Waals surface area contributed by atoms with E-state index in [0.29, 0.717) is 31.1 Å². The zero-order valence-corrected chi connectivity index (χ0v) is 11.9. The van der Waals surface area contributed by atoms with E-state index in [9.17, 15) is 4.79 Å². The first-order valence-corrected chi connectivity index (χ1v) is 6.39. The quantitative estimate of drug-likeness (QED) is 0.718. The summed E-state index contributed by atoms with van der Waals surface area (Å²) in [6, 6.07) is 0. The Morgan fingerprint density at radius 3 is 2.83 bits per heavy atom. The van der Waals surface area contributed by atoms with Gasteiger partial charge in [-0.25, -0.2) is 0 Å².